The van der Waals surface area contributed by atoms with Crippen molar-refractivity contribution in [3.05, 3.63) is 36.0 Å². The van der Waals surface area contributed by atoms with Crippen LogP contribution < -0.4 is 48.7 Å². The van der Waals surface area contributed by atoms with Crippen molar-refractivity contribution < 1.29 is 79.3 Å². The molecule has 1 radical (unpaired) electrons. The first-order chi connectivity index (χ1) is 11.2. The summed E-state index contributed by atoms with van der Waals surface area (Å²) in [6.45, 7) is 0. The third kappa shape index (κ3) is 15.2. The largest absolute Gasteiger partial charge is 2.00 e. The second-order valence-electron chi connectivity index (χ2n) is 4.33. The number of carbonyl (C=O) groups excluding carboxylic acids is 1. The monoisotopic (exact) mass is 460 g/mol. The Hall–Kier alpha value is -1.04. The number of amides is 1. The zero-order valence-electron chi connectivity index (χ0n) is 12.6. The van der Waals surface area contributed by atoms with Crippen LogP contribution in [0.2, 0.25) is 0 Å². The molecular formula is C11H13Cl2CoN3O9. The van der Waals surface area contributed by atoms with Crippen LogP contribution in [0.4, 0.5) is 0 Å². The molecule has 0 fully saturated rings. The molecule has 0 bridgehead atoms. The van der Waals surface area contributed by atoms with Crippen molar-refractivity contribution in [2.75, 3.05) is 0 Å². The molecule has 12 nitrogen and oxygen atoms in total. The molecule has 15 heteroatoms. The summed E-state index contributed by atoms with van der Waals surface area (Å²) in [5.74, 6) is -0.472. The van der Waals surface area contributed by atoms with E-state index in [0.717, 1.165) is 16.5 Å². The number of aromatic nitrogens is 1. The molecule has 0 aliphatic carbocycles. The summed E-state index contributed by atoms with van der Waals surface area (Å²) in [4.78, 5) is 14.0. The van der Waals surface area contributed by atoms with Gasteiger partial charge < -0.3 is 16.5 Å². The van der Waals surface area contributed by atoms with Crippen LogP contribution in [0.5, 0.6) is 0 Å². The normalized spacial score (nSPS) is 12.0. The number of nitrogens with one attached hydrogen (secondary N) is 1. The van der Waals surface area contributed by atoms with Crippen LogP contribution in [0, 0.1) is 20.5 Å². The number of hydrogen-bond acceptors (Lipinski definition) is 10. The van der Waals surface area contributed by atoms with Crippen molar-refractivity contribution in [1.29, 1.82) is 0 Å². The molecular weight excluding hydrogens is 448 g/mol. The van der Waals surface area contributed by atoms with E-state index < -0.39 is 32.4 Å². The Morgan fingerprint density at radius 3 is 1.85 bits per heavy atom. The van der Waals surface area contributed by atoms with Crippen LogP contribution in [0.15, 0.2) is 30.5 Å². The predicted octanol–water partition coefficient (Wildman–Crippen LogP) is -8.99. The van der Waals surface area contributed by atoms with E-state index in [9.17, 15) is 4.79 Å². The zero-order valence-corrected chi connectivity index (χ0v) is 15.1. The van der Waals surface area contributed by atoms with Crippen molar-refractivity contribution in [1.82, 2.24) is 4.98 Å². The van der Waals surface area contributed by atoms with E-state index >= 15 is 0 Å². The summed E-state index contributed by atoms with van der Waals surface area (Å²) in [5, 5.41) is 1.09. The average Bonchev–Trinajstić information content (AvgIpc) is 2.78. The minimum Gasteiger partial charge on any atom is -0.368 e. The van der Waals surface area contributed by atoms with E-state index in [2.05, 4.69) is 4.98 Å². The molecule has 5 N–H and O–H groups in total. The van der Waals surface area contributed by atoms with Crippen LogP contribution in [0.25, 0.3) is 10.9 Å². The number of hydrogen-bond donors (Lipinski definition) is 3. The van der Waals surface area contributed by atoms with Crippen molar-refractivity contribution >= 4 is 16.8 Å². The maximum atomic E-state index is 10.8. The third-order valence-corrected chi connectivity index (χ3v) is 2.48. The standard InChI is InChI=1S/C11H13N3O.2ClHO4.Co/c12-9(11(13)15)5-7-6-14-10-4-2-1-3-8(7)10;2*2-1(3,4)5;/h1-4,6,9,14H,5,12H2,(H2,13,15);2*(H,2,3,4,5);/q;;;+2/p-2/t9-;;;/m0.../s1. The van der Waals surface area contributed by atoms with Gasteiger partial charge in [-0.1, -0.05) is 18.2 Å². The van der Waals surface area contributed by atoms with Crippen LogP contribution in [0.3, 0.4) is 0 Å². The van der Waals surface area contributed by atoms with Crippen molar-refractivity contribution in [2.45, 2.75) is 12.5 Å². The second-order valence-corrected chi connectivity index (χ2v) is 5.84. The number of rotatable bonds is 3. The molecule has 2 aromatic rings. The molecule has 0 unspecified atom stereocenters. The number of aromatic amines is 1. The summed E-state index contributed by atoms with van der Waals surface area (Å²) in [5.41, 5.74) is 12.8. The number of fused-ring (bicyclic) bond motifs is 1. The molecule has 1 amide bonds. The fraction of sp³-hybridized carbons (Fsp3) is 0.182. The molecule has 1 aromatic heterocycles. The Balaban J connectivity index is 0. The molecule has 0 aliphatic rings. The minimum absolute atomic E-state index is 0. The molecule has 0 spiro atoms. The molecule has 149 valence electrons. The van der Waals surface area contributed by atoms with E-state index in [4.69, 9.17) is 48.7 Å². The van der Waals surface area contributed by atoms with Gasteiger partial charge in [0, 0.05) is 17.1 Å². The average molecular weight is 461 g/mol. The number of nitrogens with two attached hydrogens (primary N) is 2. The van der Waals surface area contributed by atoms with E-state index in [-0.39, 0.29) is 16.8 Å². The first-order valence-electron chi connectivity index (χ1n) is 6.02. The summed E-state index contributed by atoms with van der Waals surface area (Å²) in [6, 6.07) is 7.26. The van der Waals surface area contributed by atoms with E-state index in [0.29, 0.717) is 6.42 Å². The Morgan fingerprint density at radius 2 is 1.42 bits per heavy atom. The molecule has 1 heterocycles. The minimum atomic E-state index is -4.94. The quantitative estimate of drug-likeness (QED) is 0.388. The number of carbonyl (C=O) groups is 1. The Bertz CT molecular complexity index is 651. The summed E-state index contributed by atoms with van der Waals surface area (Å²) < 4.78 is 67.9. The summed E-state index contributed by atoms with van der Waals surface area (Å²) in [6.07, 6.45) is 2.34. The molecule has 1 aromatic carbocycles. The van der Waals surface area contributed by atoms with Crippen molar-refractivity contribution in [2.24, 2.45) is 11.5 Å². The van der Waals surface area contributed by atoms with Crippen LogP contribution in [-0.4, -0.2) is 16.9 Å². The molecule has 2 rings (SSSR count). The van der Waals surface area contributed by atoms with Gasteiger partial charge in [0.25, 0.3) is 0 Å². The van der Waals surface area contributed by atoms with Gasteiger partial charge >= 0.3 is 16.8 Å². The van der Waals surface area contributed by atoms with Gasteiger partial charge in [-0.05, 0) is 18.1 Å². The van der Waals surface area contributed by atoms with E-state index in [1.807, 2.05) is 30.5 Å². The first kappa shape index (κ1) is 27.2. The van der Waals surface area contributed by atoms with Crippen LogP contribution >= 0.6 is 0 Å². The number of primary amides is 1. The Morgan fingerprint density at radius 1 is 1.00 bits per heavy atom. The van der Waals surface area contributed by atoms with Gasteiger partial charge in [0.2, 0.25) is 5.91 Å². The zero-order chi connectivity index (χ0) is 19.8. The van der Waals surface area contributed by atoms with Crippen molar-refractivity contribution in [3.8, 4) is 0 Å². The number of para-hydroxylation sites is 1. The van der Waals surface area contributed by atoms with E-state index in [1.165, 1.54) is 0 Å². The van der Waals surface area contributed by atoms with Gasteiger partial charge in [-0.3, -0.25) is 4.79 Å². The maximum absolute atomic E-state index is 10.8. The topological polar surface area (TPSA) is 269 Å². The van der Waals surface area contributed by atoms with Gasteiger partial charge in [-0.2, -0.15) is 0 Å². The number of benzene rings is 1. The maximum Gasteiger partial charge on any atom is 2.00 e. The summed E-state index contributed by atoms with van der Waals surface area (Å²) in [7, 11) is -9.89. The summed E-state index contributed by atoms with van der Waals surface area (Å²) >= 11 is 0. The molecule has 0 saturated heterocycles. The second kappa shape index (κ2) is 11.6. The van der Waals surface area contributed by atoms with Gasteiger partial charge in [0.15, 0.2) is 0 Å². The molecule has 0 aliphatic heterocycles. The van der Waals surface area contributed by atoms with E-state index in [1.54, 1.807) is 0 Å². The molecule has 0 saturated carbocycles. The number of H-pyrrole nitrogens is 1. The SMILES string of the molecule is NC(=O)[C@@H](N)Cc1c[nH]c2ccccc12.[Co+2].[O-][Cl+3]([O-])([O-])[O-].[O-][Cl+3]([O-])([O-])[O-]. The third-order valence-electron chi connectivity index (χ3n) is 2.48. The smallest absolute Gasteiger partial charge is 0.368 e. The van der Waals surface area contributed by atoms with Gasteiger partial charge in [0.1, 0.15) is 0 Å². The molecule has 1 atom stereocenters. The fourth-order valence-electron chi connectivity index (χ4n) is 1.64. The van der Waals surface area contributed by atoms with Crippen LogP contribution in [0.1, 0.15) is 5.56 Å². The van der Waals surface area contributed by atoms with Crippen molar-refractivity contribution in [3.63, 3.8) is 0 Å². The van der Waals surface area contributed by atoms with Gasteiger partial charge in [0.05, 0.1) is 6.04 Å². The van der Waals surface area contributed by atoms with Gasteiger partial charge in [-0.25, -0.2) is 37.3 Å². The number of halogens is 2. The molecule has 26 heavy (non-hydrogen) atoms. The van der Waals surface area contributed by atoms with Gasteiger partial charge in [-0.15, -0.1) is 20.5 Å². The Labute approximate surface area is 161 Å². The predicted molar refractivity (Wildman–Crippen MR) is 59.2 cm³/mol. The Kier molecular flexibility index (Phi) is 12.2. The van der Waals surface area contributed by atoms with Crippen LogP contribution in [-0.2, 0) is 28.0 Å². The first-order valence-corrected chi connectivity index (χ1v) is 8.48. The fourth-order valence-corrected chi connectivity index (χ4v) is 1.64.